The van der Waals surface area contributed by atoms with Crippen LogP contribution in [0.3, 0.4) is 0 Å². The lowest BCUT2D eigenvalue weighted by Crippen LogP contribution is -2.10. The summed E-state index contributed by atoms with van der Waals surface area (Å²) in [6.07, 6.45) is 1.60. The van der Waals surface area contributed by atoms with E-state index in [2.05, 4.69) is 15.2 Å². The number of aromatic hydroxyl groups is 2. The highest BCUT2D eigenvalue weighted by Gasteiger charge is 2.17. The van der Waals surface area contributed by atoms with Crippen molar-refractivity contribution in [2.45, 2.75) is 0 Å². The zero-order valence-electron chi connectivity index (χ0n) is 13.7. The van der Waals surface area contributed by atoms with E-state index in [-0.39, 0.29) is 17.3 Å². The van der Waals surface area contributed by atoms with Crippen molar-refractivity contribution in [3.05, 3.63) is 59.1 Å². The van der Waals surface area contributed by atoms with Gasteiger partial charge >= 0.3 is 5.69 Å². The molecule has 0 atom stereocenters. The molecule has 3 N–H and O–H groups in total. The molecule has 130 valence electrons. The summed E-state index contributed by atoms with van der Waals surface area (Å²) in [5.41, 5.74) is 1.81. The van der Waals surface area contributed by atoms with E-state index in [0.29, 0.717) is 22.6 Å². The minimum Gasteiger partial charge on any atom is -0.508 e. The molecule has 0 radical (unpaired) electrons. The van der Waals surface area contributed by atoms with Crippen molar-refractivity contribution in [2.75, 3.05) is 7.11 Å². The minimum absolute atomic E-state index is 0.0147. The van der Waals surface area contributed by atoms with Gasteiger partial charge in [0.1, 0.15) is 17.2 Å². The molecule has 0 aliphatic carbocycles. The van der Waals surface area contributed by atoms with Crippen molar-refractivity contribution in [3.63, 3.8) is 0 Å². The lowest BCUT2D eigenvalue weighted by atomic mass is 10.00. The number of hydrogen-bond donors (Lipinski definition) is 3. The molecule has 2 aromatic heterocycles. The fourth-order valence-corrected chi connectivity index (χ4v) is 2.74. The summed E-state index contributed by atoms with van der Waals surface area (Å²) in [5.74, 6) is 0.800. The van der Waals surface area contributed by atoms with Crippen LogP contribution in [0.4, 0.5) is 0 Å². The van der Waals surface area contributed by atoms with Gasteiger partial charge < -0.3 is 14.9 Å². The Bertz CT molecular complexity index is 1160. The molecule has 0 aliphatic heterocycles. The Morgan fingerprint density at radius 1 is 1.08 bits per heavy atom. The molecule has 0 fully saturated rings. The third kappa shape index (κ3) is 2.53. The van der Waals surface area contributed by atoms with Crippen molar-refractivity contribution in [3.8, 4) is 39.6 Å². The Hall–Kier alpha value is -3.81. The Balaban J connectivity index is 2.02. The molecule has 0 amide bonds. The first kappa shape index (κ1) is 15.7. The normalized spacial score (nSPS) is 11.0. The van der Waals surface area contributed by atoms with E-state index in [1.807, 2.05) is 0 Å². The van der Waals surface area contributed by atoms with Crippen LogP contribution in [0.15, 0.2) is 53.5 Å². The van der Waals surface area contributed by atoms with Crippen LogP contribution in [0.2, 0.25) is 0 Å². The van der Waals surface area contributed by atoms with Crippen molar-refractivity contribution in [1.29, 1.82) is 0 Å². The molecule has 8 nitrogen and oxygen atoms in total. The van der Waals surface area contributed by atoms with Gasteiger partial charge in [-0.05, 0) is 29.8 Å². The molecule has 0 saturated carbocycles. The number of nitrogens with zero attached hydrogens (tertiary/aromatic N) is 3. The quantitative estimate of drug-likeness (QED) is 0.522. The number of phenols is 2. The fourth-order valence-electron chi connectivity index (χ4n) is 2.74. The number of ether oxygens (including phenoxy) is 1. The van der Waals surface area contributed by atoms with Gasteiger partial charge in [-0.3, -0.25) is 0 Å². The lowest BCUT2D eigenvalue weighted by Gasteiger charge is -2.12. The van der Waals surface area contributed by atoms with Crippen LogP contribution in [0.5, 0.6) is 17.2 Å². The zero-order chi connectivity index (χ0) is 18.3. The zero-order valence-corrected chi connectivity index (χ0v) is 13.7. The Labute approximate surface area is 147 Å². The van der Waals surface area contributed by atoms with Gasteiger partial charge in [0.2, 0.25) is 0 Å². The Kier molecular flexibility index (Phi) is 3.58. The van der Waals surface area contributed by atoms with E-state index in [0.717, 1.165) is 5.56 Å². The molecule has 4 aromatic rings. The van der Waals surface area contributed by atoms with Crippen LogP contribution < -0.4 is 10.4 Å². The maximum atomic E-state index is 11.9. The molecular formula is C18H14N4O4. The number of aromatic nitrogens is 4. The second-order valence-electron chi connectivity index (χ2n) is 5.63. The highest BCUT2D eigenvalue weighted by molar-refractivity contribution is 5.84. The van der Waals surface area contributed by atoms with Gasteiger partial charge in [-0.2, -0.15) is 0 Å². The molecule has 2 aromatic carbocycles. The van der Waals surface area contributed by atoms with Crippen LogP contribution in [0.1, 0.15) is 0 Å². The number of phenolic OH excluding ortho intramolecular Hbond substituents is 2. The topological polar surface area (TPSA) is 113 Å². The minimum atomic E-state index is -0.418. The van der Waals surface area contributed by atoms with Gasteiger partial charge in [0.15, 0.2) is 0 Å². The molecule has 0 aliphatic rings. The molecule has 2 heterocycles. The van der Waals surface area contributed by atoms with E-state index in [9.17, 15) is 15.0 Å². The summed E-state index contributed by atoms with van der Waals surface area (Å²) in [4.78, 5) is 16.4. The molecule has 0 unspecified atom stereocenters. The predicted molar refractivity (Wildman–Crippen MR) is 94.4 cm³/mol. The molecule has 0 saturated heterocycles. The van der Waals surface area contributed by atoms with Crippen LogP contribution >= 0.6 is 0 Å². The summed E-state index contributed by atoms with van der Waals surface area (Å²) < 4.78 is 6.40. The maximum Gasteiger partial charge on any atom is 0.348 e. The standard InChI is InChI=1S/C18H14N4O4/c1-26-12-6-7-13(15(24)8-12)16-14(10-2-4-11(23)5-3-10)9-22-17(19-16)20-21-18(22)25/h2-9,23-24H,1H3,(H,21,25). The molecule has 26 heavy (non-hydrogen) atoms. The number of hydrogen-bond acceptors (Lipinski definition) is 6. The largest absolute Gasteiger partial charge is 0.508 e. The van der Waals surface area contributed by atoms with Crippen molar-refractivity contribution in [2.24, 2.45) is 0 Å². The Morgan fingerprint density at radius 2 is 1.85 bits per heavy atom. The van der Waals surface area contributed by atoms with Crippen LogP contribution in [0, 0.1) is 0 Å². The monoisotopic (exact) mass is 350 g/mol. The summed E-state index contributed by atoms with van der Waals surface area (Å²) in [7, 11) is 1.51. The number of methoxy groups -OCH3 is 1. The average Bonchev–Trinajstić information content (AvgIpc) is 3.01. The van der Waals surface area contributed by atoms with Crippen LogP contribution in [-0.4, -0.2) is 36.9 Å². The van der Waals surface area contributed by atoms with E-state index in [1.165, 1.54) is 29.7 Å². The second-order valence-corrected chi connectivity index (χ2v) is 5.63. The number of rotatable bonds is 3. The third-order valence-electron chi connectivity index (χ3n) is 4.05. The van der Waals surface area contributed by atoms with Crippen molar-refractivity contribution >= 4 is 5.78 Å². The number of aromatic amines is 1. The predicted octanol–water partition coefficient (Wildman–Crippen LogP) is 2.17. The molecule has 4 rings (SSSR count). The number of H-pyrrole nitrogens is 1. The van der Waals surface area contributed by atoms with Crippen molar-refractivity contribution in [1.82, 2.24) is 19.6 Å². The first-order valence-electron chi connectivity index (χ1n) is 7.71. The van der Waals surface area contributed by atoms with Crippen LogP contribution in [0.25, 0.3) is 28.2 Å². The first-order chi connectivity index (χ1) is 12.6. The number of nitrogens with one attached hydrogen (secondary N) is 1. The van der Waals surface area contributed by atoms with Gasteiger partial charge in [-0.25, -0.2) is 19.3 Å². The summed E-state index contributed by atoms with van der Waals surface area (Å²) in [6.45, 7) is 0. The van der Waals surface area contributed by atoms with Gasteiger partial charge in [0, 0.05) is 23.4 Å². The number of fused-ring (bicyclic) bond motifs is 1. The van der Waals surface area contributed by atoms with Gasteiger partial charge in [0.25, 0.3) is 5.78 Å². The van der Waals surface area contributed by atoms with Gasteiger partial charge in [0.05, 0.1) is 12.8 Å². The first-order valence-corrected chi connectivity index (χ1v) is 7.71. The van der Waals surface area contributed by atoms with Gasteiger partial charge in [-0.15, -0.1) is 5.10 Å². The van der Waals surface area contributed by atoms with Crippen molar-refractivity contribution < 1.29 is 14.9 Å². The summed E-state index contributed by atoms with van der Waals surface area (Å²) in [6, 6.07) is 11.4. The molecule has 8 heteroatoms. The SMILES string of the molecule is COc1ccc(-c2nc3n[nH]c(=O)n3cc2-c2ccc(O)cc2)c(O)c1. The van der Waals surface area contributed by atoms with E-state index in [1.54, 1.807) is 30.5 Å². The average molecular weight is 350 g/mol. The molecule has 0 spiro atoms. The van der Waals surface area contributed by atoms with E-state index < -0.39 is 5.69 Å². The maximum absolute atomic E-state index is 11.9. The van der Waals surface area contributed by atoms with E-state index in [4.69, 9.17) is 4.74 Å². The third-order valence-corrected chi connectivity index (χ3v) is 4.05. The lowest BCUT2D eigenvalue weighted by molar-refractivity contribution is 0.408. The molecular weight excluding hydrogens is 336 g/mol. The molecule has 0 bridgehead atoms. The van der Waals surface area contributed by atoms with E-state index >= 15 is 0 Å². The smallest absolute Gasteiger partial charge is 0.348 e. The van der Waals surface area contributed by atoms with Crippen LogP contribution in [-0.2, 0) is 0 Å². The fraction of sp³-hybridized carbons (Fsp3) is 0.0556. The second kappa shape index (κ2) is 5.92. The Morgan fingerprint density at radius 3 is 2.54 bits per heavy atom. The van der Waals surface area contributed by atoms with Gasteiger partial charge in [-0.1, -0.05) is 12.1 Å². The summed E-state index contributed by atoms with van der Waals surface area (Å²) in [5, 5.41) is 26.2. The highest BCUT2D eigenvalue weighted by atomic mass is 16.5. The summed E-state index contributed by atoms with van der Waals surface area (Å²) >= 11 is 0. The number of benzene rings is 2. The highest BCUT2D eigenvalue weighted by Crippen LogP contribution is 2.37.